The number of piperidine rings is 1. The van der Waals surface area contributed by atoms with Gasteiger partial charge in [0, 0.05) is 37.0 Å². The minimum Gasteiger partial charge on any atom is -0.454 e. The third kappa shape index (κ3) is 3.21. The number of anilines is 1. The summed E-state index contributed by atoms with van der Waals surface area (Å²) in [4.78, 5) is 23.0. The van der Waals surface area contributed by atoms with E-state index in [2.05, 4.69) is 25.3 Å². The second-order valence-corrected chi connectivity index (χ2v) is 6.90. The third-order valence-corrected chi connectivity index (χ3v) is 4.96. The maximum absolute atomic E-state index is 12.1. The molecule has 0 unspecified atom stereocenters. The quantitative estimate of drug-likeness (QED) is 0.715. The van der Waals surface area contributed by atoms with Crippen molar-refractivity contribution in [2.75, 3.05) is 25.2 Å². The van der Waals surface area contributed by atoms with Gasteiger partial charge in [-0.1, -0.05) is 0 Å². The summed E-state index contributed by atoms with van der Waals surface area (Å²) >= 11 is 0. The fourth-order valence-corrected chi connectivity index (χ4v) is 3.72. The smallest absolute Gasteiger partial charge is 0.274 e. The van der Waals surface area contributed by atoms with E-state index in [0.717, 1.165) is 48.8 Å². The minimum atomic E-state index is -0.139. The Morgan fingerprint density at radius 1 is 1.26 bits per heavy atom. The van der Waals surface area contributed by atoms with Gasteiger partial charge in [0.25, 0.3) is 11.3 Å². The molecule has 1 fully saturated rings. The molecule has 0 bridgehead atoms. The summed E-state index contributed by atoms with van der Waals surface area (Å²) in [5.41, 5.74) is 1.63. The van der Waals surface area contributed by atoms with Crippen LogP contribution in [0.3, 0.4) is 0 Å². The summed E-state index contributed by atoms with van der Waals surface area (Å²) in [6.07, 6.45) is 3.66. The minimum absolute atomic E-state index is 0.139. The second kappa shape index (κ2) is 6.58. The molecule has 0 radical (unpaired) electrons. The Hall–Kier alpha value is -3.07. The molecule has 1 atom stereocenters. The van der Waals surface area contributed by atoms with Crippen LogP contribution in [0.15, 0.2) is 35.4 Å². The molecule has 3 aromatic rings. The molecule has 0 amide bonds. The van der Waals surface area contributed by atoms with Gasteiger partial charge < -0.3 is 14.8 Å². The fraction of sp³-hybridized carbons (Fsp3) is 0.389. The van der Waals surface area contributed by atoms with Gasteiger partial charge in [-0.3, -0.25) is 14.8 Å². The first kappa shape index (κ1) is 16.1. The maximum Gasteiger partial charge on any atom is 0.274 e. The molecule has 9 heteroatoms. The molecule has 2 aromatic heterocycles. The van der Waals surface area contributed by atoms with E-state index < -0.39 is 0 Å². The van der Waals surface area contributed by atoms with Crippen LogP contribution in [0.5, 0.6) is 11.5 Å². The van der Waals surface area contributed by atoms with Crippen molar-refractivity contribution in [3.63, 3.8) is 0 Å². The summed E-state index contributed by atoms with van der Waals surface area (Å²) in [6.45, 7) is 2.79. The zero-order valence-corrected chi connectivity index (χ0v) is 14.7. The molecule has 5 rings (SSSR count). The highest BCUT2D eigenvalue weighted by Crippen LogP contribution is 2.34. The van der Waals surface area contributed by atoms with Crippen LogP contribution in [-0.2, 0) is 6.54 Å². The number of aromatic amines is 1. The third-order valence-electron chi connectivity index (χ3n) is 4.96. The number of ether oxygens (including phenoxy) is 2. The SMILES string of the molecule is O=c1cc(CN2CCC[C@@H](Nc3ccc4c(c3)OCO4)C2)nc2nc[nH]n12. The number of nitrogens with zero attached hydrogens (tertiary/aromatic N) is 4. The average molecular weight is 368 g/mol. The van der Waals surface area contributed by atoms with Crippen molar-refractivity contribution in [3.8, 4) is 11.5 Å². The van der Waals surface area contributed by atoms with Crippen molar-refractivity contribution < 1.29 is 9.47 Å². The molecule has 4 heterocycles. The highest BCUT2D eigenvalue weighted by atomic mass is 16.7. The van der Waals surface area contributed by atoms with E-state index in [0.29, 0.717) is 18.4 Å². The molecule has 2 aliphatic rings. The number of hydrogen-bond donors (Lipinski definition) is 2. The Morgan fingerprint density at radius 2 is 2.19 bits per heavy atom. The predicted octanol–water partition coefficient (Wildman–Crippen LogP) is 1.22. The van der Waals surface area contributed by atoms with Gasteiger partial charge in [0.15, 0.2) is 11.5 Å². The molecule has 140 valence electrons. The Bertz CT molecular complexity index is 1030. The topological polar surface area (TPSA) is 96.8 Å². The zero-order valence-electron chi connectivity index (χ0n) is 14.7. The number of hydrogen-bond acceptors (Lipinski definition) is 7. The summed E-state index contributed by atoms with van der Waals surface area (Å²) in [7, 11) is 0. The zero-order chi connectivity index (χ0) is 18.2. The first-order valence-corrected chi connectivity index (χ1v) is 9.05. The van der Waals surface area contributed by atoms with Crippen LogP contribution in [-0.4, -0.2) is 50.4 Å². The summed E-state index contributed by atoms with van der Waals surface area (Å²) in [6, 6.07) is 7.83. The van der Waals surface area contributed by atoms with Crippen LogP contribution < -0.4 is 20.3 Å². The molecule has 2 N–H and O–H groups in total. The lowest BCUT2D eigenvalue weighted by molar-refractivity contribution is 0.174. The Labute approximate surface area is 154 Å². The van der Waals surface area contributed by atoms with E-state index in [4.69, 9.17) is 9.47 Å². The molecule has 0 spiro atoms. The van der Waals surface area contributed by atoms with Crippen molar-refractivity contribution in [2.24, 2.45) is 0 Å². The fourth-order valence-electron chi connectivity index (χ4n) is 3.72. The lowest BCUT2D eigenvalue weighted by atomic mass is 10.0. The Balaban J connectivity index is 1.27. The largest absolute Gasteiger partial charge is 0.454 e. The van der Waals surface area contributed by atoms with E-state index in [1.807, 2.05) is 18.2 Å². The van der Waals surface area contributed by atoms with Crippen molar-refractivity contribution in [1.29, 1.82) is 0 Å². The normalized spacial score (nSPS) is 19.5. The van der Waals surface area contributed by atoms with Crippen molar-refractivity contribution in [2.45, 2.75) is 25.4 Å². The first-order chi connectivity index (χ1) is 13.2. The molecule has 0 saturated carbocycles. The summed E-state index contributed by atoms with van der Waals surface area (Å²) in [5, 5.41) is 6.34. The molecular formula is C18H20N6O3. The number of likely N-dealkylation sites (tertiary alicyclic amines) is 1. The van der Waals surface area contributed by atoms with E-state index in [-0.39, 0.29) is 12.4 Å². The van der Waals surface area contributed by atoms with Gasteiger partial charge in [-0.2, -0.15) is 4.52 Å². The summed E-state index contributed by atoms with van der Waals surface area (Å²) < 4.78 is 12.1. The van der Waals surface area contributed by atoms with Crippen LogP contribution >= 0.6 is 0 Å². The molecule has 0 aliphatic carbocycles. The number of fused-ring (bicyclic) bond motifs is 2. The number of H-pyrrole nitrogens is 1. The molecule has 1 saturated heterocycles. The lowest BCUT2D eigenvalue weighted by Gasteiger charge is -2.33. The molecule has 27 heavy (non-hydrogen) atoms. The highest BCUT2D eigenvalue weighted by molar-refractivity contribution is 5.56. The number of aromatic nitrogens is 4. The summed E-state index contributed by atoms with van der Waals surface area (Å²) in [5.74, 6) is 1.98. The van der Waals surface area contributed by atoms with Gasteiger partial charge in [0.1, 0.15) is 6.33 Å². The first-order valence-electron chi connectivity index (χ1n) is 9.05. The number of nitrogens with one attached hydrogen (secondary N) is 2. The van der Waals surface area contributed by atoms with E-state index in [1.54, 1.807) is 6.07 Å². The van der Waals surface area contributed by atoms with Gasteiger partial charge >= 0.3 is 0 Å². The van der Waals surface area contributed by atoms with E-state index >= 15 is 0 Å². The molecular weight excluding hydrogens is 348 g/mol. The van der Waals surface area contributed by atoms with Gasteiger partial charge in [-0.05, 0) is 31.5 Å². The average Bonchev–Trinajstić information content (AvgIpc) is 3.31. The van der Waals surface area contributed by atoms with Crippen LogP contribution in [0.1, 0.15) is 18.5 Å². The van der Waals surface area contributed by atoms with Crippen LogP contribution in [0.4, 0.5) is 5.69 Å². The van der Waals surface area contributed by atoms with E-state index in [9.17, 15) is 4.79 Å². The highest BCUT2D eigenvalue weighted by Gasteiger charge is 2.22. The Kier molecular flexibility index (Phi) is 3.93. The maximum atomic E-state index is 12.1. The van der Waals surface area contributed by atoms with Crippen molar-refractivity contribution in [1.82, 2.24) is 24.5 Å². The van der Waals surface area contributed by atoms with Crippen LogP contribution in [0.25, 0.3) is 5.78 Å². The lowest BCUT2D eigenvalue weighted by Crippen LogP contribution is -2.41. The van der Waals surface area contributed by atoms with Crippen LogP contribution in [0.2, 0.25) is 0 Å². The van der Waals surface area contributed by atoms with Gasteiger partial charge in [-0.15, -0.1) is 0 Å². The predicted molar refractivity (Wildman–Crippen MR) is 98.1 cm³/mol. The van der Waals surface area contributed by atoms with Gasteiger partial charge in [-0.25, -0.2) is 9.97 Å². The van der Waals surface area contributed by atoms with Gasteiger partial charge in [0.05, 0.1) is 5.69 Å². The van der Waals surface area contributed by atoms with Gasteiger partial charge in [0.2, 0.25) is 6.79 Å². The molecule has 2 aliphatic heterocycles. The number of benzene rings is 1. The van der Waals surface area contributed by atoms with Crippen molar-refractivity contribution in [3.05, 3.63) is 46.6 Å². The molecule has 9 nitrogen and oxygen atoms in total. The Morgan fingerprint density at radius 3 is 3.15 bits per heavy atom. The van der Waals surface area contributed by atoms with Crippen LogP contribution in [0, 0.1) is 0 Å². The monoisotopic (exact) mass is 368 g/mol. The number of rotatable bonds is 4. The second-order valence-electron chi connectivity index (χ2n) is 6.90. The molecule has 1 aromatic carbocycles. The standard InChI is InChI=1S/C18H20N6O3/c25-17-7-14(22-18-19-10-20-24(17)18)9-23-5-1-2-13(8-23)21-12-3-4-15-16(6-12)27-11-26-15/h3-4,6-7,10,13,21H,1-2,5,8-9,11H2,(H,19,20,22)/t13-/m1/s1. The van der Waals surface area contributed by atoms with E-state index in [1.165, 1.54) is 10.8 Å². The van der Waals surface area contributed by atoms with Crippen molar-refractivity contribution >= 4 is 11.5 Å².